The molecule has 6 nitrogen and oxygen atoms in total. The first-order chi connectivity index (χ1) is 11.7. The third-order valence-electron chi connectivity index (χ3n) is 3.42. The Morgan fingerprint density at radius 2 is 2.04 bits per heavy atom. The number of hydrogen-bond acceptors (Lipinski definition) is 5. The van der Waals surface area contributed by atoms with Crippen molar-refractivity contribution in [3.05, 3.63) is 65.2 Å². The monoisotopic (exact) mass is 386 g/mol. The molecule has 2 aromatic carbocycles. The molecular formula is C17H15BrN4O2. The lowest BCUT2D eigenvalue weighted by molar-refractivity contribution is 0.370. The summed E-state index contributed by atoms with van der Waals surface area (Å²) in [5.41, 5.74) is 2.38. The fraction of sp³-hybridized carbons (Fsp3) is 0.118. The predicted octanol–water partition coefficient (Wildman–Crippen LogP) is 4.63. The van der Waals surface area contributed by atoms with Crippen LogP contribution in [-0.4, -0.2) is 21.8 Å². The number of aromatic hydroxyl groups is 1. The Bertz CT molecular complexity index is 846. The summed E-state index contributed by atoms with van der Waals surface area (Å²) in [6.07, 6.45) is 5.34. The summed E-state index contributed by atoms with van der Waals surface area (Å²) in [4.78, 5) is 4.02. The standard InChI is InChI=1S/C17H15BrN4O2/c1-24-16-9-13(18)8-12(17(16)23)10-20-21-14-2-4-15(5-3-14)22-7-6-19-11-22/h2-9,11,23H,10H2,1H3. The van der Waals surface area contributed by atoms with E-state index in [2.05, 4.69) is 31.1 Å². The normalized spacial score (nSPS) is 11.1. The van der Waals surface area contributed by atoms with Gasteiger partial charge in [0.2, 0.25) is 0 Å². The minimum absolute atomic E-state index is 0.0788. The third kappa shape index (κ3) is 3.62. The molecule has 1 aromatic heterocycles. The molecule has 0 amide bonds. The minimum Gasteiger partial charge on any atom is -0.504 e. The number of imidazole rings is 1. The Labute approximate surface area is 147 Å². The van der Waals surface area contributed by atoms with E-state index in [-0.39, 0.29) is 12.3 Å². The van der Waals surface area contributed by atoms with Gasteiger partial charge in [-0.15, -0.1) is 0 Å². The van der Waals surface area contributed by atoms with Crippen LogP contribution in [0.3, 0.4) is 0 Å². The van der Waals surface area contributed by atoms with Gasteiger partial charge >= 0.3 is 0 Å². The van der Waals surface area contributed by atoms with Crippen molar-refractivity contribution in [2.45, 2.75) is 6.54 Å². The number of azo groups is 1. The van der Waals surface area contributed by atoms with Gasteiger partial charge in [-0.1, -0.05) is 15.9 Å². The maximum Gasteiger partial charge on any atom is 0.162 e. The summed E-state index contributed by atoms with van der Waals surface area (Å²) >= 11 is 3.38. The van der Waals surface area contributed by atoms with Crippen molar-refractivity contribution in [3.63, 3.8) is 0 Å². The minimum atomic E-state index is 0.0788. The molecule has 0 aliphatic rings. The van der Waals surface area contributed by atoms with Crippen molar-refractivity contribution in [1.82, 2.24) is 9.55 Å². The zero-order valence-electron chi connectivity index (χ0n) is 12.9. The van der Waals surface area contributed by atoms with E-state index in [1.54, 1.807) is 24.7 Å². The van der Waals surface area contributed by atoms with Gasteiger partial charge < -0.3 is 14.4 Å². The summed E-state index contributed by atoms with van der Waals surface area (Å²) in [6, 6.07) is 11.1. The maximum absolute atomic E-state index is 10.1. The molecule has 7 heteroatoms. The van der Waals surface area contributed by atoms with Crippen molar-refractivity contribution in [2.24, 2.45) is 10.2 Å². The molecule has 0 saturated heterocycles. The molecule has 0 radical (unpaired) electrons. The first-order valence-corrected chi connectivity index (χ1v) is 7.98. The molecule has 0 aliphatic heterocycles. The number of ether oxygens (including phenoxy) is 1. The van der Waals surface area contributed by atoms with Crippen molar-refractivity contribution in [1.29, 1.82) is 0 Å². The second-order valence-corrected chi connectivity index (χ2v) is 5.92. The van der Waals surface area contributed by atoms with Crippen LogP contribution in [0.2, 0.25) is 0 Å². The van der Waals surface area contributed by atoms with Gasteiger partial charge in [0, 0.05) is 28.1 Å². The number of hydrogen-bond donors (Lipinski definition) is 1. The molecule has 122 valence electrons. The smallest absolute Gasteiger partial charge is 0.162 e. The molecule has 0 aliphatic carbocycles. The van der Waals surface area contributed by atoms with E-state index in [0.29, 0.717) is 11.3 Å². The number of rotatable bonds is 5. The highest BCUT2D eigenvalue weighted by Crippen LogP contribution is 2.34. The predicted molar refractivity (Wildman–Crippen MR) is 94.1 cm³/mol. The average Bonchev–Trinajstić information content (AvgIpc) is 3.13. The van der Waals surface area contributed by atoms with Crippen LogP contribution in [0, 0.1) is 0 Å². The van der Waals surface area contributed by atoms with Crippen LogP contribution in [0.4, 0.5) is 5.69 Å². The topological polar surface area (TPSA) is 72.0 Å². The zero-order chi connectivity index (χ0) is 16.9. The van der Waals surface area contributed by atoms with E-state index in [1.165, 1.54) is 7.11 Å². The van der Waals surface area contributed by atoms with Crippen LogP contribution in [0.5, 0.6) is 11.5 Å². The Morgan fingerprint density at radius 3 is 2.71 bits per heavy atom. The second kappa shape index (κ2) is 7.27. The maximum atomic E-state index is 10.1. The highest BCUT2D eigenvalue weighted by molar-refractivity contribution is 9.10. The molecule has 0 spiro atoms. The van der Waals surface area contributed by atoms with Crippen LogP contribution in [-0.2, 0) is 6.54 Å². The van der Waals surface area contributed by atoms with E-state index in [4.69, 9.17) is 4.74 Å². The Balaban J connectivity index is 1.72. The van der Waals surface area contributed by atoms with Gasteiger partial charge in [0.05, 0.1) is 25.7 Å². The SMILES string of the molecule is COc1cc(Br)cc(CN=Nc2ccc(-n3ccnc3)cc2)c1O. The van der Waals surface area contributed by atoms with E-state index in [1.807, 2.05) is 35.0 Å². The fourth-order valence-electron chi connectivity index (χ4n) is 2.20. The summed E-state index contributed by atoms with van der Waals surface area (Å²) in [6.45, 7) is 0.255. The number of nitrogens with zero attached hydrogens (tertiary/aromatic N) is 4. The van der Waals surface area contributed by atoms with Gasteiger partial charge in [0.1, 0.15) is 0 Å². The molecule has 0 atom stereocenters. The van der Waals surface area contributed by atoms with Gasteiger partial charge in [-0.05, 0) is 36.4 Å². The van der Waals surface area contributed by atoms with Gasteiger partial charge in [-0.2, -0.15) is 10.2 Å². The number of methoxy groups -OCH3 is 1. The van der Waals surface area contributed by atoms with Crippen LogP contribution in [0.25, 0.3) is 5.69 Å². The summed E-state index contributed by atoms with van der Waals surface area (Å²) in [5.74, 6) is 0.481. The van der Waals surface area contributed by atoms with Gasteiger partial charge in [0.25, 0.3) is 0 Å². The summed E-state index contributed by atoms with van der Waals surface area (Å²) in [5, 5.41) is 18.4. The van der Waals surface area contributed by atoms with E-state index >= 15 is 0 Å². The van der Waals surface area contributed by atoms with E-state index in [9.17, 15) is 5.11 Å². The van der Waals surface area contributed by atoms with E-state index in [0.717, 1.165) is 15.8 Å². The van der Waals surface area contributed by atoms with Crippen LogP contribution in [0.15, 0.2) is 69.8 Å². The molecule has 3 rings (SSSR count). The van der Waals surface area contributed by atoms with Gasteiger partial charge in [0.15, 0.2) is 11.5 Å². The van der Waals surface area contributed by atoms with E-state index < -0.39 is 0 Å². The van der Waals surface area contributed by atoms with Crippen molar-refractivity contribution in [2.75, 3.05) is 7.11 Å². The lowest BCUT2D eigenvalue weighted by Gasteiger charge is -2.07. The second-order valence-electron chi connectivity index (χ2n) is 5.00. The molecule has 1 N–H and O–H groups in total. The Kier molecular flexibility index (Phi) is 4.90. The van der Waals surface area contributed by atoms with Crippen molar-refractivity contribution in [3.8, 4) is 17.2 Å². The number of aromatic nitrogens is 2. The number of benzene rings is 2. The summed E-state index contributed by atoms with van der Waals surface area (Å²) < 4.78 is 7.84. The number of halogens is 1. The van der Waals surface area contributed by atoms with Crippen LogP contribution < -0.4 is 4.74 Å². The Hall–Kier alpha value is -2.67. The molecule has 0 fully saturated rings. The van der Waals surface area contributed by atoms with Crippen LogP contribution >= 0.6 is 15.9 Å². The lowest BCUT2D eigenvalue weighted by atomic mass is 10.2. The first-order valence-electron chi connectivity index (χ1n) is 7.18. The molecule has 0 unspecified atom stereocenters. The summed E-state index contributed by atoms with van der Waals surface area (Å²) in [7, 11) is 1.51. The highest BCUT2D eigenvalue weighted by Gasteiger charge is 2.09. The first kappa shape index (κ1) is 16.2. The highest BCUT2D eigenvalue weighted by atomic mass is 79.9. The van der Waals surface area contributed by atoms with Gasteiger partial charge in [-0.25, -0.2) is 4.98 Å². The molecule has 1 heterocycles. The molecular weight excluding hydrogens is 372 g/mol. The molecule has 3 aromatic rings. The fourth-order valence-corrected chi connectivity index (χ4v) is 2.69. The van der Waals surface area contributed by atoms with Crippen LogP contribution in [0.1, 0.15) is 5.56 Å². The lowest BCUT2D eigenvalue weighted by Crippen LogP contribution is -1.89. The number of phenolic OH excluding ortho intramolecular Hbond substituents is 1. The quantitative estimate of drug-likeness (QED) is 0.649. The average molecular weight is 387 g/mol. The molecule has 0 saturated carbocycles. The molecule has 0 bridgehead atoms. The Morgan fingerprint density at radius 1 is 1.25 bits per heavy atom. The third-order valence-corrected chi connectivity index (χ3v) is 3.88. The zero-order valence-corrected chi connectivity index (χ0v) is 14.5. The van der Waals surface area contributed by atoms with Gasteiger partial charge in [-0.3, -0.25) is 0 Å². The molecule has 24 heavy (non-hydrogen) atoms. The number of phenols is 1. The van der Waals surface area contributed by atoms with Crippen molar-refractivity contribution >= 4 is 21.6 Å². The largest absolute Gasteiger partial charge is 0.504 e. The van der Waals surface area contributed by atoms with Crippen molar-refractivity contribution < 1.29 is 9.84 Å².